The highest BCUT2D eigenvalue weighted by molar-refractivity contribution is 14.0. The maximum absolute atomic E-state index is 5.36. The van der Waals surface area contributed by atoms with Crippen molar-refractivity contribution in [1.82, 2.24) is 10.6 Å². The van der Waals surface area contributed by atoms with Crippen LogP contribution in [0, 0.1) is 0 Å². The molecule has 0 radical (unpaired) electrons. The van der Waals surface area contributed by atoms with Gasteiger partial charge in [0.2, 0.25) is 0 Å². The number of aliphatic imine (C=N–C) groups is 1. The van der Waals surface area contributed by atoms with Crippen molar-refractivity contribution in [3.05, 3.63) is 24.2 Å². The number of nitrogens with zero attached hydrogens (tertiary/aromatic N) is 1. The van der Waals surface area contributed by atoms with Crippen LogP contribution < -0.4 is 10.6 Å². The van der Waals surface area contributed by atoms with Crippen LogP contribution in [-0.2, 0) is 6.42 Å². The molecule has 1 aliphatic rings. The molecular weight excluding hydrogens is 409 g/mol. The molecule has 1 fully saturated rings. The van der Waals surface area contributed by atoms with E-state index < -0.39 is 0 Å². The van der Waals surface area contributed by atoms with E-state index in [-0.39, 0.29) is 24.0 Å². The Balaban J connectivity index is 0.00000242. The Kier molecular flexibility index (Phi) is 10.8. The molecule has 1 aromatic heterocycles. The van der Waals surface area contributed by atoms with E-state index in [2.05, 4.69) is 22.5 Å². The van der Waals surface area contributed by atoms with Crippen molar-refractivity contribution < 1.29 is 4.42 Å². The standard InChI is InChI=1S/C16H27N3OS.HI/c1-2-3-9-17-16(19-14-6-5-12-21-13-14)18-10-8-15-7-4-11-20-15;/h4,7,11,14H,2-3,5-6,8-10,12-13H2,1H3,(H2,17,18,19);1H. The van der Waals surface area contributed by atoms with Gasteiger partial charge in [0.05, 0.1) is 6.26 Å². The molecule has 0 aromatic carbocycles. The SMILES string of the molecule is CCCCN=C(NCCc1ccco1)NC1CCCSC1.I. The number of nitrogens with one attached hydrogen (secondary N) is 2. The van der Waals surface area contributed by atoms with Crippen LogP contribution >= 0.6 is 35.7 Å². The van der Waals surface area contributed by atoms with Crippen LogP contribution in [0.5, 0.6) is 0 Å². The highest BCUT2D eigenvalue weighted by Gasteiger charge is 2.14. The normalized spacial score (nSPS) is 18.6. The summed E-state index contributed by atoms with van der Waals surface area (Å²) < 4.78 is 5.36. The van der Waals surface area contributed by atoms with Gasteiger partial charge in [-0.25, -0.2) is 0 Å². The lowest BCUT2D eigenvalue weighted by atomic mass is 10.2. The van der Waals surface area contributed by atoms with Crippen LogP contribution in [-0.4, -0.2) is 36.6 Å². The lowest BCUT2D eigenvalue weighted by Crippen LogP contribution is -2.46. The second kappa shape index (κ2) is 12.1. The average Bonchev–Trinajstić information content (AvgIpc) is 3.02. The van der Waals surface area contributed by atoms with Crippen molar-refractivity contribution in [3.8, 4) is 0 Å². The summed E-state index contributed by atoms with van der Waals surface area (Å²) in [5, 5.41) is 7.02. The van der Waals surface area contributed by atoms with Crippen molar-refractivity contribution in [3.63, 3.8) is 0 Å². The minimum atomic E-state index is 0. The van der Waals surface area contributed by atoms with Crippen LogP contribution in [0.25, 0.3) is 0 Å². The highest BCUT2D eigenvalue weighted by atomic mass is 127. The van der Waals surface area contributed by atoms with E-state index in [0.717, 1.165) is 37.7 Å². The molecule has 1 unspecified atom stereocenters. The predicted molar refractivity (Wildman–Crippen MR) is 107 cm³/mol. The largest absolute Gasteiger partial charge is 0.469 e. The fourth-order valence-corrected chi connectivity index (χ4v) is 3.38. The molecule has 2 N–H and O–H groups in total. The second-order valence-electron chi connectivity index (χ2n) is 5.40. The van der Waals surface area contributed by atoms with E-state index in [1.165, 1.54) is 30.8 Å². The molecule has 0 amide bonds. The van der Waals surface area contributed by atoms with Gasteiger partial charge in [-0.1, -0.05) is 13.3 Å². The van der Waals surface area contributed by atoms with Gasteiger partial charge >= 0.3 is 0 Å². The van der Waals surface area contributed by atoms with Gasteiger partial charge in [0.25, 0.3) is 0 Å². The van der Waals surface area contributed by atoms with Crippen molar-refractivity contribution in [1.29, 1.82) is 0 Å². The molecule has 0 aliphatic carbocycles. The minimum Gasteiger partial charge on any atom is -0.469 e. The van der Waals surface area contributed by atoms with Crippen molar-refractivity contribution in [2.24, 2.45) is 4.99 Å². The van der Waals surface area contributed by atoms with Gasteiger partial charge in [0.15, 0.2) is 5.96 Å². The molecule has 1 aromatic rings. The van der Waals surface area contributed by atoms with Crippen LogP contribution in [0.2, 0.25) is 0 Å². The summed E-state index contributed by atoms with van der Waals surface area (Å²) in [6.45, 7) is 3.95. The van der Waals surface area contributed by atoms with Gasteiger partial charge in [-0.15, -0.1) is 24.0 Å². The first-order valence-corrected chi connectivity index (χ1v) is 9.19. The summed E-state index contributed by atoms with van der Waals surface area (Å²) in [5.74, 6) is 4.46. The summed E-state index contributed by atoms with van der Waals surface area (Å²) in [5.41, 5.74) is 0. The van der Waals surface area contributed by atoms with E-state index in [4.69, 9.17) is 4.42 Å². The molecule has 0 spiro atoms. The van der Waals surface area contributed by atoms with E-state index in [9.17, 15) is 0 Å². The van der Waals surface area contributed by atoms with Crippen LogP contribution in [0.15, 0.2) is 27.8 Å². The number of thioether (sulfide) groups is 1. The van der Waals surface area contributed by atoms with E-state index >= 15 is 0 Å². The molecule has 0 saturated carbocycles. The monoisotopic (exact) mass is 437 g/mol. The van der Waals surface area contributed by atoms with Gasteiger partial charge in [-0.3, -0.25) is 4.99 Å². The third-order valence-electron chi connectivity index (χ3n) is 3.53. The van der Waals surface area contributed by atoms with Gasteiger partial charge in [0, 0.05) is 31.3 Å². The third kappa shape index (κ3) is 7.76. The Bertz CT molecular complexity index is 406. The molecule has 0 bridgehead atoms. The predicted octanol–water partition coefficient (Wildman–Crippen LogP) is 3.67. The number of halogens is 1. The molecule has 126 valence electrons. The van der Waals surface area contributed by atoms with Gasteiger partial charge < -0.3 is 15.1 Å². The second-order valence-corrected chi connectivity index (χ2v) is 6.55. The first-order chi connectivity index (χ1) is 10.4. The Morgan fingerprint density at radius 3 is 3.09 bits per heavy atom. The zero-order valence-electron chi connectivity index (χ0n) is 13.3. The topological polar surface area (TPSA) is 49.6 Å². The first kappa shape index (κ1) is 19.7. The molecule has 6 heteroatoms. The molecule has 2 rings (SSSR count). The fourth-order valence-electron chi connectivity index (χ4n) is 2.31. The fraction of sp³-hybridized carbons (Fsp3) is 0.688. The van der Waals surface area contributed by atoms with Crippen molar-refractivity contribution >= 4 is 41.7 Å². The number of hydrogen-bond acceptors (Lipinski definition) is 3. The molecular formula is C16H28IN3OS. The minimum absolute atomic E-state index is 0. The van der Waals surface area contributed by atoms with Gasteiger partial charge in [0.1, 0.15) is 5.76 Å². The molecule has 1 aliphatic heterocycles. The highest BCUT2D eigenvalue weighted by Crippen LogP contribution is 2.16. The zero-order valence-corrected chi connectivity index (χ0v) is 16.5. The average molecular weight is 437 g/mol. The van der Waals surface area contributed by atoms with E-state index in [1.54, 1.807) is 6.26 Å². The number of rotatable bonds is 7. The molecule has 22 heavy (non-hydrogen) atoms. The molecule has 2 heterocycles. The van der Waals surface area contributed by atoms with E-state index in [1.807, 2.05) is 23.9 Å². The summed E-state index contributed by atoms with van der Waals surface area (Å²) in [6.07, 6.45) is 7.49. The lowest BCUT2D eigenvalue weighted by molar-refractivity contribution is 0.505. The van der Waals surface area contributed by atoms with E-state index in [0.29, 0.717) is 6.04 Å². The third-order valence-corrected chi connectivity index (χ3v) is 4.74. The Morgan fingerprint density at radius 1 is 1.50 bits per heavy atom. The van der Waals surface area contributed by atoms with Crippen LogP contribution in [0.3, 0.4) is 0 Å². The van der Waals surface area contributed by atoms with Gasteiger partial charge in [-0.2, -0.15) is 11.8 Å². The van der Waals surface area contributed by atoms with Crippen molar-refractivity contribution in [2.45, 2.75) is 45.1 Å². The summed E-state index contributed by atoms with van der Waals surface area (Å²) in [4.78, 5) is 4.68. The summed E-state index contributed by atoms with van der Waals surface area (Å²) in [7, 11) is 0. The Labute approximate surface area is 155 Å². The number of unbranched alkanes of at least 4 members (excludes halogenated alkanes) is 1. The lowest BCUT2D eigenvalue weighted by Gasteiger charge is -2.24. The Hall–Kier alpha value is -0.370. The smallest absolute Gasteiger partial charge is 0.191 e. The number of hydrogen-bond donors (Lipinski definition) is 2. The number of furan rings is 1. The zero-order chi connectivity index (χ0) is 14.8. The van der Waals surface area contributed by atoms with Crippen molar-refractivity contribution in [2.75, 3.05) is 24.6 Å². The van der Waals surface area contributed by atoms with Crippen LogP contribution in [0.4, 0.5) is 0 Å². The summed E-state index contributed by atoms with van der Waals surface area (Å²) >= 11 is 2.03. The maximum Gasteiger partial charge on any atom is 0.191 e. The Morgan fingerprint density at radius 2 is 2.41 bits per heavy atom. The first-order valence-electron chi connectivity index (χ1n) is 8.03. The molecule has 1 saturated heterocycles. The maximum atomic E-state index is 5.36. The molecule has 4 nitrogen and oxygen atoms in total. The van der Waals surface area contributed by atoms with Gasteiger partial charge in [-0.05, 0) is 37.1 Å². The summed E-state index contributed by atoms with van der Waals surface area (Å²) in [6, 6.07) is 4.50. The van der Waals surface area contributed by atoms with Crippen LogP contribution in [0.1, 0.15) is 38.4 Å². The molecule has 1 atom stereocenters. The number of guanidine groups is 1. The quantitative estimate of drug-likeness (QED) is 0.296.